The van der Waals surface area contributed by atoms with E-state index in [0.29, 0.717) is 24.6 Å². The summed E-state index contributed by atoms with van der Waals surface area (Å²) in [6, 6.07) is 5.44. The van der Waals surface area contributed by atoms with E-state index < -0.39 is 6.04 Å². The average Bonchev–Trinajstić information content (AvgIpc) is 3.30. The molecule has 7 nitrogen and oxygen atoms in total. The van der Waals surface area contributed by atoms with Crippen LogP contribution in [0.5, 0.6) is 5.75 Å². The molecule has 1 aromatic rings. The second-order valence-corrected chi connectivity index (χ2v) is 8.12. The van der Waals surface area contributed by atoms with Gasteiger partial charge in [0.15, 0.2) is 0 Å². The van der Waals surface area contributed by atoms with Crippen LogP contribution in [0.1, 0.15) is 61.9 Å². The zero-order chi connectivity index (χ0) is 20.5. The van der Waals surface area contributed by atoms with Crippen molar-refractivity contribution < 1.29 is 19.1 Å². The minimum atomic E-state index is -0.586. The highest BCUT2D eigenvalue weighted by Crippen LogP contribution is 2.32. The molecule has 0 aromatic heterocycles. The van der Waals surface area contributed by atoms with E-state index in [1.54, 1.807) is 11.0 Å². The number of fused-ring (bicyclic) bond motifs is 1. The first-order valence-electron chi connectivity index (χ1n) is 10.7. The summed E-state index contributed by atoms with van der Waals surface area (Å²) in [5.41, 5.74) is 1.50. The predicted octanol–water partition coefficient (Wildman–Crippen LogP) is 2.09. The maximum Gasteiger partial charge on any atom is 0.255 e. The van der Waals surface area contributed by atoms with Crippen LogP contribution in [0.15, 0.2) is 18.2 Å². The third-order valence-corrected chi connectivity index (χ3v) is 6.43. The maximum absolute atomic E-state index is 12.8. The van der Waals surface area contributed by atoms with Crippen molar-refractivity contribution >= 4 is 17.7 Å². The lowest BCUT2D eigenvalue weighted by molar-refractivity contribution is -0.136. The van der Waals surface area contributed by atoms with Gasteiger partial charge in [-0.2, -0.15) is 0 Å². The van der Waals surface area contributed by atoms with Crippen molar-refractivity contribution in [2.24, 2.45) is 0 Å². The standard InChI is InChI=1S/C22H29N3O4/c1-3-19(17-6-5-11-24(17)4-2)29-15-7-8-16-14(12-15)13-25(22(16)28)18-9-10-20(26)23-21(18)27/h7-8,12,17-19H,3-6,9-11,13H2,1-2H3,(H,23,26,27)/t17-,18?,19?/m0/s1. The van der Waals surface area contributed by atoms with Crippen molar-refractivity contribution in [1.29, 1.82) is 0 Å². The lowest BCUT2D eigenvalue weighted by Gasteiger charge is -2.30. The Morgan fingerprint density at radius 2 is 2.03 bits per heavy atom. The van der Waals surface area contributed by atoms with Gasteiger partial charge in [-0.05, 0) is 62.5 Å². The fourth-order valence-electron chi connectivity index (χ4n) is 4.90. The molecule has 1 N–H and O–H groups in total. The third-order valence-electron chi connectivity index (χ3n) is 6.43. The van der Waals surface area contributed by atoms with E-state index in [2.05, 4.69) is 24.1 Å². The predicted molar refractivity (Wildman–Crippen MR) is 107 cm³/mol. The molecule has 3 heterocycles. The third kappa shape index (κ3) is 3.75. The Morgan fingerprint density at radius 3 is 2.76 bits per heavy atom. The number of likely N-dealkylation sites (tertiary alicyclic amines) is 1. The van der Waals surface area contributed by atoms with Crippen molar-refractivity contribution in [2.45, 2.75) is 70.7 Å². The lowest BCUT2D eigenvalue weighted by atomic mass is 10.0. The van der Waals surface area contributed by atoms with Gasteiger partial charge < -0.3 is 9.64 Å². The summed E-state index contributed by atoms with van der Waals surface area (Å²) in [6.45, 7) is 6.87. The number of amides is 3. The number of ether oxygens (including phenoxy) is 1. The zero-order valence-corrected chi connectivity index (χ0v) is 17.1. The Balaban J connectivity index is 1.48. The molecular formula is C22H29N3O4. The molecule has 0 spiro atoms. The van der Waals surface area contributed by atoms with Crippen LogP contribution in [0.3, 0.4) is 0 Å². The van der Waals surface area contributed by atoms with Gasteiger partial charge in [0, 0.05) is 24.6 Å². The van der Waals surface area contributed by atoms with Gasteiger partial charge in [0.05, 0.1) is 0 Å². The minimum Gasteiger partial charge on any atom is -0.489 e. The van der Waals surface area contributed by atoms with Crippen LogP contribution in [0, 0.1) is 0 Å². The number of nitrogens with zero attached hydrogens (tertiary/aromatic N) is 2. The van der Waals surface area contributed by atoms with E-state index in [4.69, 9.17) is 4.74 Å². The van der Waals surface area contributed by atoms with Gasteiger partial charge in [0.25, 0.3) is 5.91 Å². The maximum atomic E-state index is 12.8. The molecule has 3 aliphatic rings. The summed E-state index contributed by atoms with van der Waals surface area (Å²) in [5.74, 6) is -0.0342. The van der Waals surface area contributed by atoms with Crippen LogP contribution in [-0.2, 0) is 16.1 Å². The first-order valence-corrected chi connectivity index (χ1v) is 10.7. The molecule has 2 unspecified atom stereocenters. The van der Waals surface area contributed by atoms with Gasteiger partial charge in [-0.1, -0.05) is 13.8 Å². The van der Waals surface area contributed by atoms with E-state index in [9.17, 15) is 14.4 Å². The number of nitrogens with one attached hydrogen (secondary N) is 1. The summed E-state index contributed by atoms with van der Waals surface area (Å²) in [6.07, 6.45) is 4.05. The molecule has 0 aliphatic carbocycles. The SMILES string of the molecule is CCC(Oc1ccc2c(c1)CN(C1CCC(=O)NC1=O)C2=O)[C@@H]1CCCN1CC. The number of piperidine rings is 1. The molecule has 0 bridgehead atoms. The minimum absolute atomic E-state index is 0.124. The first-order chi connectivity index (χ1) is 14.0. The van der Waals surface area contributed by atoms with E-state index in [1.165, 1.54) is 6.42 Å². The molecule has 7 heteroatoms. The van der Waals surface area contributed by atoms with E-state index >= 15 is 0 Å². The molecule has 3 amide bonds. The highest BCUT2D eigenvalue weighted by Gasteiger charge is 2.39. The molecule has 0 radical (unpaired) electrons. The second-order valence-electron chi connectivity index (χ2n) is 8.12. The number of benzene rings is 1. The van der Waals surface area contributed by atoms with Crippen LogP contribution in [0.25, 0.3) is 0 Å². The fourth-order valence-corrected chi connectivity index (χ4v) is 4.90. The Hall–Kier alpha value is -2.41. The molecule has 1 aromatic carbocycles. The number of imide groups is 1. The molecule has 2 saturated heterocycles. The van der Waals surface area contributed by atoms with Gasteiger partial charge in [-0.25, -0.2) is 0 Å². The van der Waals surface area contributed by atoms with Crippen LogP contribution in [0.2, 0.25) is 0 Å². The van der Waals surface area contributed by atoms with Gasteiger partial charge in [0.1, 0.15) is 17.9 Å². The van der Waals surface area contributed by atoms with Crippen molar-refractivity contribution in [2.75, 3.05) is 13.1 Å². The monoisotopic (exact) mass is 399 g/mol. The van der Waals surface area contributed by atoms with Crippen LogP contribution in [-0.4, -0.2) is 58.8 Å². The van der Waals surface area contributed by atoms with Crippen LogP contribution < -0.4 is 10.1 Å². The smallest absolute Gasteiger partial charge is 0.255 e. The average molecular weight is 399 g/mol. The second kappa shape index (κ2) is 8.14. The van der Waals surface area contributed by atoms with Crippen molar-refractivity contribution in [1.82, 2.24) is 15.1 Å². The Bertz CT molecular complexity index is 824. The molecule has 4 rings (SSSR count). The number of hydrogen-bond acceptors (Lipinski definition) is 5. The zero-order valence-electron chi connectivity index (χ0n) is 17.1. The van der Waals surface area contributed by atoms with E-state index in [0.717, 1.165) is 37.2 Å². The summed E-state index contributed by atoms with van der Waals surface area (Å²) >= 11 is 0. The Kier molecular flexibility index (Phi) is 5.58. The number of rotatable bonds is 6. The lowest BCUT2D eigenvalue weighted by Crippen LogP contribution is -2.52. The number of likely N-dealkylation sites (N-methyl/N-ethyl adjacent to an activating group) is 1. The Labute approximate surface area is 171 Å². The van der Waals surface area contributed by atoms with Gasteiger partial charge in [-0.15, -0.1) is 0 Å². The largest absolute Gasteiger partial charge is 0.489 e. The highest BCUT2D eigenvalue weighted by atomic mass is 16.5. The van der Waals surface area contributed by atoms with Gasteiger partial charge >= 0.3 is 0 Å². The Morgan fingerprint density at radius 1 is 1.21 bits per heavy atom. The van der Waals surface area contributed by atoms with E-state index in [1.807, 2.05) is 12.1 Å². The van der Waals surface area contributed by atoms with E-state index in [-0.39, 0.29) is 30.2 Å². The topological polar surface area (TPSA) is 79.0 Å². The molecule has 0 saturated carbocycles. The summed E-state index contributed by atoms with van der Waals surface area (Å²) in [5, 5.41) is 2.34. The molecule has 156 valence electrons. The van der Waals surface area contributed by atoms with Crippen LogP contribution in [0.4, 0.5) is 0 Å². The molecule has 29 heavy (non-hydrogen) atoms. The quantitative estimate of drug-likeness (QED) is 0.741. The summed E-state index contributed by atoms with van der Waals surface area (Å²) in [7, 11) is 0. The number of carbonyl (C=O) groups is 3. The van der Waals surface area contributed by atoms with Gasteiger partial charge in [-0.3, -0.25) is 24.6 Å². The fraction of sp³-hybridized carbons (Fsp3) is 0.591. The van der Waals surface area contributed by atoms with Crippen molar-refractivity contribution in [3.63, 3.8) is 0 Å². The molecular weight excluding hydrogens is 370 g/mol. The molecule has 3 atom stereocenters. The number of carbonyl (C=O) groups excluding carboxylic acids is 3. The highest BCUT2D eigenvalue weighted by molar-refractivity contribution is 6.05. The van der Waals surface area contributed by atoms with Crippen LogP contribution >= 0.6 is 0 Å². The summed E-state index contributed by atoms with van der Waals surface area (Å²) in [4.78, 5) is 40.5. The molecule has 2 fully saturated rings. The van der Waals surface area contributed by atoms with Crippen molar-refractivity contribution in [3.8, 4) is 5.75 Å². The van der Waals surface area contributed by atoms with Crippen molar-refractivity contribution in [3.05, 3.63) is 29.3 Å². The first kappa shape index (κ1) is 19.9. The number of hydrogen-bond donors (Lipinski definition) is 1. The normalized spacial score (nSPS) is 25.9. The molecule has 3 aliphatic heterocycles. The summed E-state index contributed by atoms with van der Waals surface area (Å²) < 4.78 is 6.36. The van der Waals surface area contributed by atoms with Gasteiger partial charge in [0.2, 0.25) is 11.8 Å².